The highest BCUT2D eigenvalue weighted by Crippen LogP contribution is 2.36. The Morgan fingerprint density at radius 1 is 1.00 bits per heavy atom. The van der Waals surface area contributed by atoms with Gasteiger partial charge in [-0.15, -0.1) is 0 Å². The van der Waals surface area contributed by atoms with Gasteiger partial charge in [0.15, 0.2) is 0 Å². The fourth-order valence-electron chi connectivity index (χ4n) is 6.54. The van der Waals surface area contributed by atoms with Crippen molar-refractivity contribution in [2.24, 2.45) is 5.92 Å². The Hall–Kier alpha value is -2.12. The molecule has 3 aliphatic heterocycles. The lowest BCUT2D eigenvalue weighted by Crippen LogP contribution is -2.51. The third-order valence-corrected chi connectivity index (χ3v) is 9.06. The van der Waals surface area contributed by atoms with E-state index < -0.39 is 0 Å². The van der Waals surface area contributed by atoms with Crippen LogP contribution in [-0.4, -0.2) is 80.1 Å². The van der Waals surface area contributed by atoms with Gasteiger partial charge < -0.3 is 20.4 Å². The summed E-state index contributed by atoms with van der Waals surface area (Å²) in [4.78, 5) is 20.9. The topological polar surface area (TPSA) is 50.9 Å². The normalized spacial score (nSPS) is 25.7. The Balaban J connectivity index is 1.24. The molecule has 38 heavy (non-hydrogen) atoms. The van der Waals surface area contributed by atoms with Crippen LogP contribution < -0.4 is 15.5 Å². The van der Waals surface area contributed by atoms with E-state index in [9.17, 15) is 4.79 Å². The standard InChI is InChI=1S/C31H44ClN5O/c1-22(2)37-20-28(24-10-12-25(32)13-11-24)29(21-37)31(38)36-17-15-35(16-18-36)30-9-5-4-8-27(30)23(3)34-26-7-6-14-33-19-26/h4-5,8-13,22-23,26,28-29,33-34H,6-7,14-21H2,1-3H3/t23-,26?,28?,29?/m0/s1. The quantitative estimate of drug-likeness (QED) is 0.544. The molecular formula is C31H44ClN5O. The monoisotopic (exact) mass is 537 g/mol. The molecule has 1 amide bonds. The zero-order valence-corrected chi connectivity index (χ0v) is 24.0. The van der Waals surface area contributed by atoms with Crippen molar-refractivity contribution in [1.82, 2.24) is 20.4 Å². The Bertz CT molecular complexity index is 1060. The molecule has 7 heteroatoms. The Morgan fingerprint density at radius 3 is 2.42 bits per heavy atom. The molecule has 3 fully saturated rings. The predicted molar refractivity (Wildman–Crippen MR) is 157 cm³/mol. The molecule has 3 aliphatic rings. The molecule has 206 valence electrons. The maximum absolute atomic E-state index is 13.9. The molecule has 4 atom stereocenters. The molecule has 0 saturated carbocycles. The fourth-order valence-corrected chi connectivity index (χ4v) is 6.66. The molecule has 3 heterocycles. The number of likely N-dealkylation sites (tertiary alicyclic amines) is 1. The highest BCUT2D eigenvalue weighted by molar-refractivity contribution is 6.30. The van der Waals surface area contributed by atoms with Crippen LogP contribution in [0.3, 0.4) is 0 Å². The molecular weight excluding hydrogens is 494 g/mol. The van der Waals surface area contributed by atoms with E-state index in [-0.39, 0.29) is 17.9 Å². The number of anilines is 1. The van der Waals surface area contributed by atoms with Gasteiger partial charge >= 0.3 is 0 Å². The lowest BCUT2D eigenvalue weighted by Gasteiger charge is -2.39. The number of benzene rings is 2. The van der Waals surface area contributed by atoms with Gasteiger partial charge in [-0.2, -0.15) is 0 Å². The van der Waals surface area contributed by atoms with Crippen molar-refractivity contribution >= 4 is 23.2 Å². The van der Waals surface area contributed by atoms with Crippen LogP contribution in [0.4, 0.5) is 5.69 Å². The van der Waals surface area contributed by atoms with Crippen LogP contribution in [0.1, 0.15) is 56.7 Å². The SMILES string of the molecule is CC(C)N1CC(C(=O)N2CCN(c3ccccc3[C@H](C)NC3CCCNC3)CC2)C(c2ccc(Cl)cc2)C1. The van der Waals surface area contributed by atoms with Crippen LogP contribution in [-0.2, 0) is 4.79 Å². The first kappa shape index (κ1) is 27.4. The number of hydrogen-bond donors (Lipinski definition) is 2. The number of nitrogens with zero attached hydrogens (tertiary/aromatic N) is 3. The van der Waals surface area contributed by atoms with E-state index in [2.05, 4.69) is 82.5 Å². The Labute approximate surface area is 233 Å². The minimum absolute atomic E-state index is 0.00858. The Kier molecular flexibility index (Phi) is 8.94. The number of piperazine rings is 1. The second-order valence-corrected chi connectivity index (χ2v) is 12.1. The van der Waals surface area contributed by atoms with Crippen LogP contribution >= 0.6 is 11.6 Å². The van der Waals surface area contributed by atoms with Gasteiger partial charge in [0.1, 0.15) is 0 Å². The number of piperidine rings is 1. The minimum Gasteiger partial charge on any atom is -0.368 e. The second-order valence-electron chi connectivity index (χ2n) is 11.6. The molecule has 5 rings (SSSR count). The van der Waals surface area contributed by atoms with Crippen LogP contribution in [0.15, 0.2) is 48.5 Å². The van der Waals surface area contributed by atoms with E-state index in [1.54, 1.807) is 0 Å². The molecule has 0 aromatic heterocycles. The first-order chi connectivity index (χ1) is 18.4. The molecule has 6 nitrogen and oxygen atoms in total. The van der Waals surface area contributed by atoms with Crippen LogP contribution in [0.25, 0.3) is 0 Å². The first-order valence-corrected chi connectivity index (χ1v) is 14.9. The zero-order valence-electron chi connectivity index (χ0n) is 23.2. The smallest absolute Gasteiger partial charge is 0.227 e. The first-order valence-electron chi connectivity index (χ1n) is 14.5. The highest BCUT2D eigenvalue weighted by Gasteiger charge is 2.41. The number of hydrogen-bond acceptors (Lipinski definition) is 5. The molecule has 3 unspecified atom stereocenters. The maximum Gasteiger partial charge on any atom is 0.227 e. The van der Waals surface area contributed by atoms with Gasteiger partial charge in [-0.25, -0.2) is 0 Å². The highest BCUT2D eigenvalue weighted by atomic mass is 35.5. The van der Waals surface area contributed by atoms with Crippen LogP contribution in [0.2, 0.25) is 5.02 Å². The summed E-state index contributed by atoms with van der Waals surface area (Å²) in [6.07, 6.45) is 2.46. The van der Waals surface area contributed by atoms with E-state index in [1.165, 1.54) is 29.7 Å². The van der Waals surface area contributed by atoms with Crippen molar-refractivity contribution in [2.75, 3.05) is 57.3 Å². The summed E-state index contributed by atoms with van der Waals surface area (Å²) >= 11 is 6.16. The average molecular weight is 538 g/mol. The van der Waals surface area contributed by atoms with Crippen molar-refractivity contribution < 1.29 is 4.79 Å². The summed E-state index contributed by atoms with van der Waals surface area (Å²) < 4.78 is 0. The lowest BCUT2D eigenvalue weighted by atomic mass is 9.88. The van der Waals surface area contributed by atoms with Gasteiger partial charge in [0, 0.05) is 80.6 Å². The number of para-hydroxylation sites is 1. The largest absolute Gasteiger partial charge is 0.368 e. The number of halogens is 1. The zero-order chi connectivity index (χ0) is 26.6. The van der Waals surface area contributed by atoms with Gasteiger partial charge in [0.05, 0.1) is 5.92 Å². The summed E-state index contributed by atoms with van der Waals surface area (Å²) in [6.45, 7) is 13.9. The predicted octanol–water partition coefficient (Wildman–Crippen LogP) is 4.52. The van der Waals surface area contributed by atoms with Gasteiger partial charge in [-0.1, -0.05) is 41.9 Å². The van der Waals surface area contributed by atoms with Crippen molar-refractivity contribution in [3.05, 3.63) is 64.7 Å². The van der Waals surface area contributed by atoms with Crippen LogP contribution in [0.5, 0.6) is 0 Å². The van der Waals surface area contributed by atoms with Crippen LogP contribution in [0, 0.1) is 5.92 Å². The molecule has 2 aromatic carbocycles. The van der Waals surface area contributed by atoms with Crippen molar-refractivity contribution in [1.29, 1.82) is 0 Å². The summed E-state index contributed by atoms with van der Waals surface area (Å²) in [5.41, 5.74) is 3.87. The van der Waals surface area contributed by atoms with E-state index in [0.717, 1.165) is 57.4 Å². The van der Waals surface area contributed by atoms with E-state index in [4.69, 9.17) is 11.6 Å². The van der Waals surface area contributed by atoms with Gasteiger partial charge in [0.25, 0.3) is 0 Å². The van der Waals surface area contributed by atoms with Crippen molar-refractivity contribution in [3.8, 4) is 0 Å². The van der Waals surface area contributed by atoms with Gasteiger partial charge in [-0.3, -0.25) is 9.69 Å². The van der Waals surface area contributed by atoms with E-state index >= 15 is 0 Å². The third-order valence-electron chi connectivity index (χ3n) is 8.81. The molecule has 0 bridgehead atoms. The van der Waals surface area contributed by atoms with E-state index in [0.29, 0.717) is 18.0 Å². The third kappa shape index (κ3) is 6.20. The molecule has 0 aliphatic carbocycles. The summed E-state index contributed by atoms with van der Waals surface area (Å²) in [6, 6.07) is 18.1. The lowest BCUT2D eigenvalue weighted by molar-refractivity contribution is -0.135. The molecule has 0 spiro atoms. The number of rotatable bonds is 7. The number of nitrogens with one attached hydrogen (secondary N) is 2. The van der Waals surface area contributed by atoms with E-state index in [1.807, 2.05) is 12.1 Å². The summed E-state index contributed by atoms with van der Waals surface area (Å²) in [5.74, 6) is 0.508. The second kappa shape index (κ2) is 12.4. The van der Waals surface area contributed by atoms with Crippen molar-refractivity contribution in [3.63, 3.8) is 0 Å². The maximum atomic E-state index is 13.9. The number of amides is 1. The number of carbonyl (C=O) groups excluding carboxylic acids is 1. The summed E-state index contributed by atoms with van der Waals surface area (Å²) in [7, 11) is 0. The van der Waals surface area contributed by atoms with Crippen molar-refractivity contribution in [2.45, 2.75) is 57.7 Å². The summed E-state index contributed by atoms with van der Waals surface area (Å²) in [5, 5.41) is 8.10. The van der Waals surface area contributed by atoms with Gasteiger partial charge in [0.2, 0.25) is 5.91 Å². The molecule has 3 saturated heterocycles. The Morgan fingerprint density at radius 2 is 1.74 bits per heavy atom. The minimum atomic E-state index is -0.00858. The fraction of sp³-hybridized carbons (Fsp3) is 0.581. The number of carbonyl (C=O) groups is 1. The van der Waals surface area contributed by atoms with Gasteiger partial charge in [-0.05, 0) is 69.5 Å². The average Bonchev–Trinajstić information content (AvgIpc) is 3.40. The molecule has 2 N–H and O–H groups in total. The molecule has 0 radical (unpaired) electrons. The molecule has 2 aromatic rings.